The summed E-state index contributed by atoms with van der Waals surface area (Å²) in [5, 5.41) is 2.84. The summed E-state index contributed by atoms with van der Waals surface area (Å²) >= 11 is 7.12. The van der Waals surface area contributed by atoms with Crippen LogP contribution in [0.1, 0.15) is 22.5 Å². The number of thiophene rings is 1. The van der Waals surface area contributed by atoms with Crippen LogP contribution in [0.4, 0.5) is 16.2 Å². The van der Waals surface area contributed by atoms with Gasteiger partial charge in [-0.2, -0.15) is 0 Å². The van der Waals surface area contributed by atoms with Crippen LogP contribution in [0.25, 0.3) is 0 Å². The van der Waals surface area contributed by atoms with Crippen LogP contribution >= 0.6 is 22.9 Å². The van der Waals surface area contributed by atoms with Gasteiger partial charge in [0.1, 0.15) is 24.5 Å². The molecule has 4 heterocycles. The summed E-state index contributed by atoms with van der Waals surface area (Å²) in [6, 6.07) is 9.59. The monoisotopic (exact) mass is 490 g/mol. The second-order valence-corrected chi connectivity index (χ2v) is 10.6. The Bertz CT molecular complexity index is 1060. The summed E-state index contributed by atoms with van der Waals surface area (Å²) in [5.74, 6) is 0.450. The molecule has 0 radical (unpaired) electrons. The van der Waals surface area contributed by atoms with E-state index in [0.717, 1.165) is 25.2 Å². The Labute approximate surface area is 202 Å². The minimum Gasteiger partial charge on any atom is -0.489 e. The van der Waals surface area contributed by atoms with Crippen molar-refractivity contribution in [1.82, 2.24) is 10.2 Å². The lowest BCUT2D eigenvalue weighted by molar-refractivity contribution is 0.0890. The highest BCUT2D eigenvalue weighted by atomic mass is 35.5. The average molecular weight is 491 g/mol. The van der Waals surface area contributed by atoms with Crippen LogP contribution in [-0.2, 0) is 4.74 Å². The lowest BCUT2D eigenvalue weighted by Crippen LogP contribution is -2.48. The molecule has 1 aromatic heterocycles. The first kappa shape index (κ1) is 22.3. The number of nitrogens with zero attached hydrogens (tertiary/aromatic N) is 3. The second kappa shape index (κ2) is 9.04. The number of anilines is 2. The number of carbonyl (C=O) groups is 2. The molecule has 1 aromatic carbocycles. The van der Waals surface area contributed by atoms with Crippen LogP contribution in [0.5, 0.6) is 5.75 Å². The van der Waals surface area contributed by atoms with Crippen molar-refractivity contribution in [1.29, 1.82) is 0 Å². The van der Waals surface area contributed by atoms with Gasteiger partial charge in [0.15, 0.2) is 0 Å². The highest BCUT2D eigenvalue weighted by Crippen LogP contribution is 2.41. The Morgan fingerprint density at radius 1 is 1.30 bits per heavy atom. The van der Waals surface area contributed by atoms with Gasteiger partial charge in [0.25, 0.3) is 5.91 Å². The van der Waals surface area contributed by atoms with E-state index in [1.807, 2.05) is 18.2 Å². The minimum absolute atomic E-state index is 0.206. The first-order valence-electron chi connectivity index (χ1n) is 11.1. The molecule has 0 spiro atoms. The predicted molar refractivity (Wildman–Crippen MR) is 129 cm³/mol. The number of likely N-dealkylation sites (N-methyl/N-ethyl adjacent to an activating group) is 1. The molecular formula is C23H27ClN4O4S. The molecule has 2 fully saturated rings. The van der Waals surface area contributed by atoms with E-state index in [0.29, 0.717) is 33.3 Å². The van der Waals surface area contributed by atoms with Gasteiger partial charge in [-0.3, -0.25) is 9.69 Å². The number of rotatable bonds is 5. The van der Waals surface area contributed by atoms with E-state index in [-0.39, 0.29) is 18.5 Å². The fourth-order valence-corrected chi connectivity index (χ4v) is 5.68. The molecule has 3 aliphatic heterocycles. The molecule has 176 valence electrons. The second-order valence-electron chi connectivity index (χ2n) is 8.84. The maximum atomic E-state index is 12.7. The molecule has 2 saturated heterocycles. The summed E-state index contributed by atoms with van der Waals surface area (Å²) in [5.41, 5.74) is 1.81. The van der Waals surface area contributed by atoms with Crippen LogP contribution in [-0.4, -0.2) is 75.4 Å². The number of benzene rings is 1. The Hall–Kier alpha value is -2.49. The van der Waals surface area contributed by atoms with Gasteiger partial charge in [0.05, 0.1) is 21.4 Å². The number of cyclic esters (lactones) is 1. The molecule has 33 heavy (non-hydrogen) atoms. The van der Waals surface area contributed by atoms with Gasteiger partial charge in [0, 0.05) is 30.9 Å². The minimum atomic E-state index is -0.493. The number of hydrogen-bond acceptors (Lipinski definition) is 7. The molecule has 0 bridgehead atoms. The average Bonchev–Trinajstić information content (AvgIpc) is 3.40. The SMILES string of the molecule is CN(C)C1CCCN(c2ccc3c(c2)OC[C@H]2[C@H](CNC(=O)c4ccc(Cl)s4)OC(=O)N32)C1. The third kappa shape index (κ3) is 4.37. The Kier molecular flexibility index (Phi) is 6.11. The van der Waals surface area contributed by atoms with Crippen molar-refractivity contribution in [3.05, 3.63) is 39.5 Å². The molecule has 1 unspecified atom stereocenters. The van der Waals surface area contributed by atoms with Crippen molar-refractivity contribution < 1.29 is 19.1 Å². The van der Waals surface area contributed by atoms with Crippen molar-refractivity contribution in [2.75, 3.05) is 50.1 Å². The highest BCUT2D eigenvalue weighted by Gasteiger charge is 2.46. The van der Waals surface area contributed by atoms with E-state index in [2.05, 4.69) is 29.2 Å². The molecule has 1 N–H and O–H groups in total. The van der Waals surface area contributed by atoms with Crippen LogP contribution in [0.2, 0.25) is 4.34 Å². The molecule has 3 aliphatic rings. The lowest BCUT2D eigenvalue weighted by atomic mass is 10.0. The van der Waals surface area contributed by atoms with Crippen molar-refractivity contribution in [3.63, 3.8) is 0 Å². The van der Waals surface area contributed by atoms with Crippen molar-refractivity contribution in [2.45, 2.75) is 31.0 Å². The number of ether oxygens (including phenoxy) is 2. The fraction of sp³-hybridized carbons (Fsp3) is 0.478. The zero-order valence-corrected chi connectivity index (χ0v) is 20.2. The fourth-order valence-electron chi connectivity index (χ4n) is 4.72. The Morgan fingerprint density at radius 2 is 2.15 bits per heavy atom. The van der Waals surface area contributed by atoms with E-state index in [9.17, 15) is 9.59 Å². The van der Waals surface area contributed by atoms with Gasteiger partial charge < -0.3 is 24.6 Å². The maximum Gasteiger partial charge on any atom is 0.415 e. The maximum absolute atomic E-state index is 12.7. The smallest absolute Gasteiger partial charge is 0.415 e. The summed E-state index contributed by atoms with van der Waals surface area (Å²) in [6.45, 7) is 2.50. The van der Waals surface area contributed by atoms with E-state index in [1.54, 1.807) is 17.0 Å². The molecule has 2 aromatic rings. The molecule has 3 atom stereocenters. The quantitative estimate of drug-likeness (QED) is 0.692. The van der Waals surface area contributed by atoms with Crippen LogP contribution < -0.4 is 19.9 Å². The largest absolute Gasteiger partial charge is 0.489 e. The zero-order valence-electron chi connectivity index (χ0n) is 18.6. The number of piperidine rings is 1. The normalized spacial score (nSPS) is 24.2. The van der Waals surface area contributed by atoms with E-state index < -0.39 is 12.2 Å². The predicted octanol–water partition coefficient (Wildman–Crippen LogP) is 3.45. The van der Waals surface area contributed by atoms with Gasteiger partial charge in [-0.25, -0.2) is 4.79 Å². The number of nitrogens with one attached hydrogen (secondary N) is 1. The molecule has 0 saturated carbocycles. The number of carbonyl (C=O) groups excluding carboxylic acids is 2. The first-order chi connectivity index (χ1) is 15.9. The zero-order chi connectivity index (χ0) is 23.1. The van der Waals surface area contributed by atoms with Gasteiger partial charge in [-0.1, -0.05) is 11.6 Å². The molecule has 5 rings (SSSR count). The van der Waals surface area contributed by atoms with E-state index >= 15 is 0 Å². The van der Waals surface area contributed by atoms with E-state index in [1.165, 1.54) is 17.8 Å². The summed E-state index contributed by atoms with van der Waals surface area (Å²) in [7, 11) is 4.25. The molecule has 0 aliphatic carbocycles. The highest BCUT2D eigenvalue weighted by molar-refractivity contribution is 7.18. The summed E-state index contributed by atoms with van der Waals surface area (Å²) in [4.78, 5) is 31.9. The number of fused-ring (bicyclic) bond motifs is 3. The van der Waals surface area contributed by atoms with Crippen molar-refractivity contribution in [3.8, 4) is 5.75 Å². The van der Waals surface area contributed by atoms with Crippen LogP contribution in [0, 0.1) is 0 Å². The third-order valence-electron chi connectivity index (χ3n) is 6.57. The molecular weight excluding hydrogens is 464 g/mol. The van der Waals surface area contributed by atoms with Gasteiger partial charge in [0.2, 0.25) is 0 Å². The molecule has 2 amide bonds. The van der Waals surface area contributed by atoms with Crippen LogP contribution in [0.3, 0.4) is 0 Å². The molecule has 10 heteroatoms. The van der Waals surface area contributed by atoms with Gasteiger partial charge in [-0.05, 0) is 51.2 Å². The van der Waals surface area contributed by atoms with Gasteiger partial charge >= 0.3 is 6.09 Å². The van der Waals surface area contributed by atoms with E-state index in [4.69, 9.17) is 21.1 Å². The Balaban J connectivity index is 1.28. The standard InChI is InChI=1S/C23H27ClN4O4S/c1-26(2)15-4-3-9-27(12-15)14-5-6-16-18(10-14)31-13-17-19(32-23(30)28(16)17)11-25-22(29)20-7-8-21(24)33-20/h5-8,10,15,17,19H,3-4,9,11-13H2,1-2H3,(H,25,29)/t15?,17-,19-/m0/s1. The molecule has 8 nitrogen and oxygen atoms in total. The first-order valence-corrected chi connectivity index (χ1v) is 12.3. The van der Waals surface area contributed by atoms with Crippen LogP contribution in [0.15, 0.2) is 30.3 Å². The number of hydrogen-bond donors (Lipinski definition) is 1. The number of amides is 2. The van der Waals surface area contributed by atoms with Crippen molar-refractivity contribution >= 4 is 46.3 Å². The summed E-state index contributed by atoms with van der Waals surface area (Å²) in [6.07, 6.45) is 1.44. The van der Waals surface area contributed by atoms with Gasteiger partial charge in [-0.15, -0.1) is 11.3 Å². The topological polar surface area (TPSA) is 74.4 Å². The number of halogens is 1. The van der Waals surface area contributed by atoms with Crippen molar-refractivity contribution in [2.24, 2.45) is 0 Å². The summed E-state index contributed by atoms with van der Waals surface area (Å²) < 4.78 is 12.2. The third-order valence-corrected chi connectivity index (χ3v) is 7.80. The lowest BCUT2D eigenvalue weighted by Gasteiger charge is -2.38. The Morgan fingerprint density at radius 3 is 2.91 bits per heavy atom.